The van der Waals surface area contributed by atoms with Gasteiger partial charge in [-0.1, -0.05) is 5.16 Å². The Morgan fingerprint density at radius 1 is 1.67 bits per heavy atom. The Hall–Kier alpha value is -0.940. The largest absolute Gasteiger partial charge is 0.339 e. The summed E-state index contributed by atoms with van der Waals surface area (Å²) in [6, 6.07) is 0.669. The normalized spacial score (nSPS) is 23.2. The highest BCUT2D eigenvalue weighted by Gasteiger charge is 2.19. The van der Waals surface area contributed by atoms with Gasteiger partial charge < -0.3 is 15.2 Å². The van der Waals surface area contributed by atoms with Crippen molar-refractivity contribution in [1.82, 2.24) is 20.8 Å². The smallest absolute Gasteiger partial charge is 0.228 e. The van der Waals surface area contributed by atoms with Gasteiger partial charge in [0, 0.05) is 12.5 Å². The molecule has 0 saturated carbocycles. The second-order valence-corrected chi connectivity index (χ2v) is 4.05. The molecule has 1 fully saturated rings. The minimum atomic E-state index is 0.152. The van der Waals surface area contributed by atoms with Crippen LogP contribution in [0.5, 0.6) is 0 Å². The van der Waals surface area contributed by atoms with Gasteiger partial charge in [0.05, 0.1) is 6.04 Å². The number of nitrogens with zero attached hydrogens (tertiary/aromatic N) is 2. The quantitative estimate of drug-likeness (QED) is 0.763. The van der Waals surface area contributed by atoms with Crippen LogP contribution in [-0.2, 0) is 6.42 Å². The van der Waals surface area contributed by atoms with Crippen LogP contribution in [0.3, 0.4) is 0 Å². The van der Waals surface area contributed by atoms with E-state index >= 15 is 0 Å². The van der Waals surface area contributed by atoms with Crippen LogP contribution in [0.15, 0.2) is 4.52 Å². The minimum absolute atomic E-state index is 0.152. The van der Waals surface area contributed by atoms with E-state index in [1.165, 1.54) is 12.8 Å². The van der Waals surface area contributed by atoms with Crippen molar-refractivity contribution in [2.75, 3.05) is 13.6 Å². The maximum Gasteiger partial charge on any atom is 0.228 e. The monoisotopic (exact) mass is 210 g/mol. The van der Waals surface area contributed by atoms with Gasteiger partial charge in [-0.3, -0.25) is 0 Å². The van der Waals surface area contributed by atoms with Crippen molar-refractivity contribution in [2.45, 2.75) is 38.3 Å². The van der Waals surface area contributed by atoms with Gasteiger partial charge in [0.2, 0.25) is 5.89 Å². The molecule has 2 unspecified atom stereocenters. The van der Waals surface area contributed by atoms with Crippen LogP contribution in [0.2, 0.25) is 0 Å². The summed E-state index contributed by atoms with van der Waals surface area (Å²) in [4.78, 5) is 4.36. The van der Waals surface area contributed by atoms with Crippen molar-refractivity contribution in [3.63, 3.8) is 0 Å². The average Bonchev–Trinajstić information content (AvgIpc) is 2.88. The first kappa shape index (κ1) is 10.6. The van der Waals surface area contributed by atoms with E-state index in [1.807, 2.05) is 14.0 Å². The van der Waals surface area contributed by atoms with Crippen molar-refractivity contribution in [2.24, 2.45) is 0 Å². The summed E-state index contributed by atoms with van der Waals surface area (Å²) in [5, 5.41) is 10.5. The molecule has 2 heterocycles. The first-order valence-electron chi connectivity index (χ1n) is 5.52. The highest BCUT2D eigenvalue weighted by atomic mass is 16.5. The number of rotatable bonds is 4. The van der Waals surface area contributed by atoms with Crippen LogP contribution in [-0.4, -0.2) is 29.8 Å². The number of nitrogens with one attached hydrogen (secondary N) is 2. The second-order valence-electron chi connectivity index (χ2n) is 4.05. The summed E-state index contributed by atoms with van der Waals surface area (Å²) < 4.78 is 5.21. The predicted molar refractivity (Wildman–Crippen MR) is 56.5 cm³/mol. The zero-order chi connectivity index (χ0) is 10.7. The van der Waals surface area contributed by atoms with Crippen molar-refractivity contribution >= 4 is 0 Å². The van der Waals surface area contributed by atoms with Crippen molar-refractivity contribution in [3.05, 3.63) is 11.7 Å². The summed E-state index contributed by atoms with van der Waals surface area (Å²) in [6.45, 7) is 3.13. The fourth-order valence-electron chi connectivity index (χ4n) is 1.80. The topological polar surface area (TPSA) is 63.0 Å². The lowest BCUT2D eigenvalue weighted by molar-refractivity contribution is 0.356. The van der Waals surface area contributed by atoms with Gasteiger partial charge in [-0.25, -0.2) is 0 Å². The van der Waals surface area contributed by atoms with Gasteiger partial charge in [0.25, 0.3) is 0 Å². The highest BCUT2D eigenvalue weighted by molar-refractivity contribution is 4.94. The number of aromatic nitrogens is 2. The molecule has 0 amide bonds. The van der Waals surface area contributed by atoms with E-state index in [4.69, 9.17) is 4.52 Å². The van der Waals surface area contributed by atoms with Gasteiger partial charge in [0.15, 0.2) is 5.82 Å². The number of hydrogen-bond acceptors (Lipinski definition) is 5. The Kier molecular flexibility index (Phi) is 3.33. The van der Waals surface area contributed by atoms with Crippen LogP contribution in [0.4, 0.5) is 0 Å². The number of hydrogen-bond donors (Lipinski definition) is 2. The van der Waals surface area contributed by atoms with E-state index in [-0.39, 0.29) is 6.04 Å². The zero-order valence-corrected chi connectivity index (χ0v) is 9.29. The van der Waals surface area contributed by atoms with Gasteiger partial charge in [-0.15, -0.1) is 0 Å². The summed E-state index contributed by atoms with van der Waals surface area (Å²) in [5.74, 6) is 1.48. The predicted octanol–water partition coefficient (Wildman–Crippen LogP) is 0.644. The standard InChI is InChI=1S/C10H18N4O/c1-7(11-2)10-13-9(15-14-10)6-8-4-3-5-12-8/h7-8,11-12H,3-6H2,1-2H3. The molecule has 15 heavy (non-hydrogen) atoms. The average molecular weight is 210 g/mol. The van der Waals surface area contributed by atoms with E-state index in [0.29, 0.717) is 6.04 Å². The highest BCUT2D eigenvalue weighted by Crippen LogP contribution is 2.12. The Labute approximate surface area is 89.6 Å². The molecule has 1 aromatic heterocycles. The van der Waals surface area contributed by atoms with E-state index in [1.54, 1.807) is 0 Å². The molecule has 84 valence electrons. The van der Waals surface area contributed by atoms with E-state index < -0.39 is 0 Å². The van der Waals surface area contributed by atoms with Gasteiger partial charge in [0.1, 0.15) is 0 Å². The molecular weight excluding hydrogens is 192 g/mol. The molecule has 1 aliphatic heterocycles. The lowest BCUT2D eigenvalue weighted by Crippen LogP contribution is -2.23. The van der Waals surface area contributed by atoms with Gasteiger partial charge in [-0.2, -0.15) is 4.98 Å². The molecule has 1 aromatic rings. The molecule has 0 radical (unpaired) electrons. The third kappa shape index (κ3) is 2.54. The fourth-order valence-corrected chi connectivity index (χ4v) is 1.80. The van der Waals surface area contributed by atoms with Crippen LogP contribution in [0.1, 0.15) is 37.5 Å². The second kappa shape index (κ2) is 4.72. The van der Waals surface area contributed by atoms with Crippen molar-refractivity contribution in [1.29, 1.82) is 0 Å². The molecule has 0 spiro atoms. The lowest BCUT2D eigenvalue weighted by Gasteiger charge is -2.05. The Balaban J connectivity index is 1.94. The molecule has 2 N–H and O–H groups in total. The molecule has 0 bridgehead atoms. The van der Waals surface area contributed by atoms with E-state index in [2.05, 4.69) is 20.8 Å². The van der Waals surface area contributed by atoms with Crippen LogP contribution in [0.25, 0.3) is 0 Å². The Bertz CT molecular complexity index is 306. The van der Waals surface area contributed by atoms with Crippen molar-refractivity contribution < 1.29 is 4.52 Å². The maximum absolute atomic E-state index is 5.21. The van der Waals surface area contributed by atoms with Crippen LogP contribution in [0, 0.1) is 0 Å². The Morgan fingerprint density at radius 2 is 2.53 bits per heavy atom. The summed E-state index contributed by atoms with van der Waals surface area (Å²) in [5.41, 5.74) is 0. The van der Waals surface area contributed by atoms with E-state index in [9.17, 15) is 0 Å². The molecular formula is C10H18N4O. The third-order valence-electron chi connectivity index (χ3n) is 2.89. The van der Waals surface area contributed by atoms with E-state index in [0.717, 1.165) is 24.7 Å². The molecule has 0 aromatic carbocycles. The fraction of sp³-hybridized carbons (Fsp3) is 0.800. The van der Waals surface area contributed by atoms with Gasteiger partial charge in [-0.05, 0) is 33.4 Å². The molecule has 5 heteroatoms. The summed E-state index contributed by atoms with van der Waals surface area (Å²) in [6.07, 6.45) is 3.31. The minimum Gasteiger partial charge on any atom is -0.339 e. The molecule has 5 nitrogen and oxygen atoms in total. The SMILES string of the molecule is CNC(C)c1noc(CC2CCCN2)n1. The zero-order valence-electron chi connectivity index (χ0n) is 9.29. The molecule has 0 aliphatic carbocycles. The first-order valence-corrected chi connectivity index (χ1v) is 5.52. The van der Waals surface area contributed by atoms with Gasteiger partial charge >= 0.3 is 0 Å². The molecule has 2 atom stereocenters. The third-order valence-corrected chi connectivity index (χ3v) is 2.89. The lowest BCUT2D eigenvalue weighted by atomic mass is 10.1. The summed E-state index contributed by atoms with van der Waals surface area (Å²) >= 11 is 0. The molecule has 1 aliphatic rings. The maximum atomic E-state index is 5.21. The first-order chi connectivity index (χ1) is 7.29. The van der Waals surface area contributed by atoms with Crippen LogP contribution < -0.4 is 10.6 Å². The Morgan fingerprint density at radius 3 is 3.20 bits per heavy atom. The summed E-state index contributed by atoms with van der Waals surface area (Å²) in [7, 11) is 1.89. The van der Waals surface area contributed by atoms with Crippen LogP contribution >= 0.6 is 0 Å². The molecule has 2 rings (SSSR count). The van der Waals surface area contributed by atoms with Crippen molar-refractivity contribution in [3.8, 4) is 0 Å². The molecule has 1 saturated heterocycles.